The van der Waals surface area contributed by atoms with Gasteiger partial charge in [-0.25, -0.2) is 0 Å². The van der Waals surface area contributed by atoms with Gasteiger partial charge in [-0.1, -0.05) is 36.8 Å². The predicted octanol–water partition coefficient (Wildman–Crippen LogP) is 2.34. The largest absolute Gasteiger partial charge is 0.468 e. The number of nitrogens with zero attached hydrogens (tertiary/aromatic N) is 1. The number of aryl methyl sites for hydroxylation is 2. The molecule has 4 nitrogen and oxygen atoms in total. The van der Waals surface area contributed by atoms with Crippen molar-refractivity contribution in [2.75, 3.05) is 20.2 Å². The van der Waals surface area contributed by atoms with Crippen LogP contribution in [0.3, 0.4) is 0 Å². The van der Waals surface area contributed by atoms with Gasteiger partial charge in [0, 0.05) is 13.0 Å². The van der Waals surface area contributed by atoms with Crippen LogP contribution in [0.5, 0.6) is 0 Å². The monoisotopic (exact) mass is 277 g/mol. The summed E-state index contributed by atoms with van der Waals surface area (Å²) in [5, 5.41) is 0. The second-order valence-electron chi connectivity index (χ2n) is 4.88. The van der Waals surface area contributed by atoms with Crippen molar-refractivity contribution < 1.29 is 14.3 Å². The summed E-state index contributed by atoms with van der Waals surface area (Å²) < 4.78 is 4.62. The van der Waals surface area contributed by atoms with Crippen molar-refractivity contribution in [3.8, 4) is 0 Å². The Morgan fingerprint density at radius 1 is 1.20 bits per heavy atom. The summed E-state index contributed by atoms with van der Waals surface area (Å²) in [6, 6.07) is 8.15. The molecule has 110 valence electrons. The fourth-order valence-corrected chi connectivity index (χ4v) is 1.95. The lowest BCUT2D eigenvalue weighted by atomic mass is 10.1. The summed E-state index contributed by atoms with van der Waals surface area (Å²) >= 11 is 0. The first-order valence-corrected chi connectivity index (χ1v) is 6.97. The van der Waals surface area contributed by atoms with E-state index in [-0.39, 0.29) is 18.4 Å². The van der Waals surface area contributed by atoms with Gasteiger partial charge in [0.25, 0.3) is 0 Å². The molecular formula is C16H23NO3. The minimum absolute atomic E-state index is 0.00201. The van der Waals surface area contributed by atoms with Crippen LogP contribution in [0, 0.1) is 6.92 Å². The molecular weight excluding hydrogens is 254 g/mol. The van der Waals surface area contributed by atoms with E-state index in [9.17, 15) is 9.59 Å². The van der Waals surface area contributed by atoms with Gasteiger partial charge in [0.15, 0.2) is 0 Å². The summed E-state index contributed by atoms with van der Waals surface area (Å²) in [4.78, 5) is 25.0. The molecule has 0 aliphatic heterocycles. The third-order valence-corrected chi connectivity index (χ3v) is 3.14. The predicted molar refractivity (Wildman–Crippen MR) is 78.4 cm³/mol. The average Bonchev–Trinajstić information content (AvgIpc) is 2.45. The van der Waals surface area contributed by atoms with E-state index in [1.54, 1.807) is 4.90 Å². The topological polar surface area (TPSA) is 46.6 Å². The average molecular weight is 277 g/mol. The zero-order valence-electron chi connectivity index (χ0n) is 12.5. The third-order valence-electron chi connectivity index (χ3n) is 3.14. The van der Waals surface area contributed by atoms with Crippen LogP contribution in [-0.2, 0) is 20.7 Å². The van der Waals surface area contributed by atoms with Crippen LogP contribution in [0.25, 0.3) is 0 Å². The molecule has 0 N–H and O–H groups in total. The van der Waals surface area contributed by atoms with Gasteiger partial charge in [0.1, 0.15) is 6.54 Å². The maximum Gasteiger partial charge on any atom is 0.325 e. The standard InChI is InChI=1S/C16H23NO3/c1-4-11-17(12-16(19)20-3)15(18)10-9-14-7-5-13(2)6-8-14/h5-8H,4,9-12H2,1-3H3. The summed E-state index contributed by atoms with van der Waals surface area (Å²) in [5.41, 5.74) is 2.34. The molecule has 20 heavy (non-hydrogen) atoms. The Hall–Kier alpha value is -1.84. The summed E-state index contributed by atoms with van der Waals surface area (Å²) in [7, 11) is 1.34. The molecule has 0 unspecified atom stereocenters. The molecule has 0 fully saturated rings. The number of methoxy groups -OCH3 is 1. The molecule has 0 saturated carbocycles. The van der Waals surface area contributed by atoms with Gasteiger partial charge >= 0.3 is 5.97 Å². The molecule has 0 spiro atoms. The highest BCUT2D eigenvalue weighted by Gasteiger charge is 2.16. The third kappa shape index (κ3) is 5.43. The SMILES string of the molecule is CCCN(CC(=O)OC)C(=O)CCc1ccc(C)cc1. The maximum atomic E-state index is 12.1. The number of hydrogen-bond donors (Lipinski definition) is 0. The Morgan fingerprint density at radius 3 is 2.40 bits per heavy atom. The highest BCUT2D eigenvalue weighted by molar-refractivity contribution is 5.82. The highest BCUT2D eigenvalue weighted by atomic mass is 16.5. The van der Waals surface area contributed by atoms with Gasteiger partial charge in [-0.2, -0.15) is 0 Å². The lowest BCUT2D eigenvalue weighted by molar-refractivity contribution is -0.147. The Bertz CT molecular complexity index is 440. The number of rotatable bonds is 7. The number of hydrogen-bond acceptors (Lipinski definition) is 3. The summed E-state index contributed by atoms with van der Waals surface area (Å²) in [6.45, 7) is 4.64. The van der Waals surface area contributed by atoms with Crippen LogP contribution < -0.4 is 0 Å². The number of carbonyl (C=O) groups excluding carboxylic acids is 2. The van der Waals surface area contributed by atoms with Gasteiger partial charge in [-0.3, -0.25) is 9.59 Å². The van der Waals surface area contributed by atoms with Crippen molar-refractivity contribution >= 4 is 11.9 Å². The zero-order chi connectivity index (χ0) is 15.0. The van der Waals surface area contributed by atoms with Crippen molar-refractivity contribution in [2.45, 2.75) is 33.1 Å². The number of benzene rings is 1. The molecule has 0 saturated heterocycles. The van der Waals surface area contributed by atoms with Crippen molar-refractivity contribution in [2.24, 2.45) is 0 Å². The quantitative estimate of drug-likeness (QED) is 0.719. The number of ether oxygens (including phenoxy) is 1. The molecule has 0 radical (unpaired) electrons. The molecule has 0 heterocycles. The van der Waals surface area contributed by atoms with Gasteiger partial charge < -0.3 is 9.64 Å². The Morgan fingerprint density at radius 2 is 1.85 bits per heavy atom. The summed E-state index contributed by atoms with van der Waals surface area (Å²) in [6.07, 6.45) is 1.94. The molecule has 0 aromatic heterocycles. The Kier molecular flexibility index (Phi) is 6.77. The van der Waals surface area contributed by atoms with Gasteiger partial charge in [-0.05, 0) is 25.3 Å². The van der Waals surface area contributed by atoms with Gasteiger partial charge in [0.2, 0.25) is 5.91 Å². The van der Waals surface area contributed by atoms with Crippen LogP contribution in [-0.4, -0.2) is 37.0 Å². The number of carbonyl (C=O) groups is 2. The van der Waals surface area contributed by atoms with Crippen molar-refractivity contribution in [1.29, 1.82) is 0 Å². The van der Waals surface area contributed by atoms with Crippen molar-refractivity contribution in [3.63, 3.8) is 0 Å². The van der Waals surface area contributed by atoms with E-state index < -0.39 is 0 Å². The van der Waals surface area contributed by atoms with Gasteiger partial charge in [0.05, 0.1) is 7.11 Å². The lowest BCUT2D eigenvalue weighted by Gasteiger charge is -2.20. The second kappa shape index (κ2) is 8.35. The molecule has 0 atom stereocenters. The maximum absolute atomic E-state index is 12.1. The fourth-order valence-electron chi connectivity index (χ4n) is 1.95. The molecule has 1 amide bonds. The summed E-state index contributed by atoms with van der Waals surface area (Å²) in [5.74, 6) is -0.375. The first kappa shape index (κ1) is 16.2. The van der Waals surface area contributed by atoms with E-state index in [1.165, 1.54) is 12.7 Å². The van der Waals surface area contributed by atoms with Gasteiger partial charge in [-0.15, -0.1) is 0 Å². The molecule has 1 aromatic carbocycles. The molecule has 0 bridgehead atoms. The number of amides is 1. The first-order valence-electron chi connectivity index (χ1n) is 6.97. The minimum atomic E-state index is -0.373. The van der Waals surface area contributed by atoms with Crippen molar-refractivity contribution in [3.05, 3.63) is 35.4 Å². The number of esters is 1. The van der Waals surface area contributed by atoms with E-state index in [0.29, 0.717) is 19.4 Å². The lowest BCUT2D eigenvalue weighted by Crippen LogP contribution is -2.36. The van der Waals surface area contributed by atoms with E-state index >= 15 is 0 Å². The fraction of sp³-hybridized carbons (Fsp3) is 0.500. The normalized spacial score (nSPS) is 10.2. The smallest absolute Gasteiger partial charge is 0.325 e. The van der Waals surface area contributed by atoms with E-state index in [4.69, 9.17) is 0 Å². The molecule has 0 aliphatic carbocycles. The van der Waals surface area contributed by atoms with Crippen LogP contribution in [0.2, 0.25) is 0 Å². The van der Waals surface area contributed by atoms with E-state index in [2.05, 4.69) is 4.74 Å². The Labute approximate surface area is 120 Å². The molecule has 1 rings (SSSR count). The van der Waals surface area contributed by atoms with Crippen LogP contribution >= 0.6 is 0 Å². The molecule has 4 heteroatoms. The van der Waals surface area contributed by atoms with E-state index in [1.807, 2.05) is 38.1 Å². The second-order valence-corrected chi connectivity index (χ2v) is 4.88. The highest BCUT2D eigenvalue weighted by Crippen LogP contribution is 2.07. The zero-order valence-corrected chi connectivity index (χ0v) is 12.5. The Balaban J connectivity index is 2.52. The van der Waals surface area contributed by atoms with Crippen LogP contribution in [0.1, 0.15) is 30.9 Å². The minimum Gasteiger partial charge on any atom is -0.468 e. The first-order chi connectivity index (χ1) is 9.56. The molecule has 0 aliphatic rings. The van der Waals surface area contributed by atoms with E-state index in [0.717, 1.165) is 12.0 Å². The molecule has 1 aromatic rings. The van der Waals surface area contributed by atoms with Crippen molar-refractivity contribution in [1.82, 2.24) is 4.90 Å². The van der Waals surface area contributed by atoms with Crippen LogP contribution in [0.15, 0.2) is 24.3 Å². The van der Waals surface area contributed by atoms with Crippen LogP contribution in [0.4, 0.5) is 0 Å².